The van der Waals surface area contributed by atoms with Crippen LogP contribution in [0.2, 0.25) is 0 Å². The third kappa shape index (κ3) is 3.76. The van der Waals surface area contributed by atoms with Crippen molar-refractivity contribution in [2.75, 3.05) is 11.9 Å². The summed E-state index contributed by atoms with van der Waals surface area (Å²) in [6.07, 6.45) is -0.0255. The first-order valence-electron chi connectivity index (χ1n) is 7.78. The van der Waals surface area contributed by atoms with Gasteiger partial charge in [-0.15, -0.1) is 0 Å². The molecule has 0 radical (unpaired) electrons. The Kier molecular flexibility index (Phi) is 4.65. The highest BCUT2D eigenvalue weighted by atomic mass is 19.2. The summed E-state index contributed by atoms with van der Waals surface area (Å²) in [7, 11) is 0. The van der Waals surface area contributed by atoms with E-state index in [2.05, 4.69) is 10.6 Å². The molecule has 2 N–H and O–H groups in total. The molecule has 1 aliphatic rings. The number of carbonyl (C=O) groups is 2. The number of carbonyl (C=O) groups excluding carboxylic acids is 2. The number of anilines is 1. The zero-order valence-electron chi connectivity index (χ0n) is 13.4. The van der Waals surface area contributed by atoms with Gasteiger partial charge in [-0.1, -0.05) is 6.07 Å². The van der Waals surface area contributed by atoms with E-state index in [1.807, 2.05) is 6.07 Å². The van der Waals surface area contributed by atoms with Crippen molar-refractivity contribution in [1.29, 1.82) is 0 Å². The van der Waals surface area contributed by atoms with Gasteiger partial charge in [0.1, 0.15) is 5.75 Å². The first-order valence-corrected chi connectivity index (χ1v) is 7.78. The fourth-order valence-electron chi connectivity index (χ4n) is 2.47. The molecule has 5 nitrogen and oxygen atoms in total. The molecule has 1 aliphatic heterocycles. The Labute approximate surface area is 143 Å². The molecule has 0 saturated heterocycles. The summed E-state index contributed by atoms with van der Waals surface area (Å²) in [5.41, 5.74) is 1.54. The SMILES string of the molecule is CC1Oc2ccc(CCNC(=O)c3ccc(F)c(F)c3)cc2NC1=O. The van der Waals surface area contributed by atoms with Crippen LogP contribution in [-0.4, -0.2) is 24.5 Å². The fourth-order valence-corrected chi connectivity index (χ4v) is 2.47. The molecule has 25 heavy (non-hydrogen) atoms. The maximum absolute atomic E-state index is 13.1. The van der Waals surface area contributed by atoms with E-state index in [9.17, 15) is 18.4 Å². The predicted molar refractivity (Wildman–Crippen MR) is 87.6 cm³/mol. The monoisotopic (exact) mass is 346 g/mol. The summed E-state index contributed by atoms with van der Waals surface area (Å²) in [6.45, 7) is 1.97. The Balaban J connectivity index is 1.59. The van der Waals surface area contributed by atoms with Crippen LogP contribution in [0.1, 0.15) is 22.8 Å². The number of hydrogen-bond acceptors (Lipinski definition) is 3. The second-order valence-electron chi connectivity index (χ2n) is 5.71. The molecule has 0 spiro atoms. The predicted octanol–water partition coefficient (Wildman–Crippen LogP) is 2.66. The van der Waals surface area contributed by atoms with E-state index in [-0.39, 0.29) is 11.5 Å². The first-order chi connectivity index (χ1) is 11.9. The van der Waals surface area contributed by atoms with Crippen LogP contribution in [-0.2, 0) is 11.2 Å². The zero-order chi connectivity index (χ0) is 18.0. The van der Waals surface area contributed by atoms with Gasteiger partial charge in [-0.2, -0.15) is 0 Å². The Morgan fingerprint density at radius 2 is 2.00 bits per heavy atom. The topological polar surface area (TPSA) is 67.4 Å². The number of nitrogens with one attached hydrogen (secondary N) is 2. The van der Waals surface area contributed by atoms with Gasteiger partial charge in [0.15, 0.2) is 17.7 Å². The lowest BCUT2D eigenvalue weighted by molar-refractivity contribution is -0.122. The Morgan fingerprint density at radius 3 is 2.76 bits per heavy atom. The fraction of sp³-hybridized carbons (Fsp3) is 0.222. The standard InChI is InChI=1S/C18H16F2N2O3/c1-10-17(23)22-15-8-11(2-5-16(15)25-10)6-7-21-18(24)12-3-4-13(19)14(20)9-12/h2-5,8-10H,6-7H2,1H3,(H,21,24)(H,22,23). The number of hydrogen-bond donors (Lipinski definition) is 2. The zero-order valence-corrected chi connectivity index (χ0v) is 13.4. The summed E-state index contributed by atoms with van der Waals surface area (Å²) in [6, 6.07) is 8.38. The first kappa shape index (κ1) is 16.9. The van der Waals surface area contributed by atoms with Crippen molar-refractivity contribution >= 4 is 17.5 Å². The number of fused-ring (bicyclic) bond motifs is 1. The van der Waals surface area contributed by atoms with Gasteiger partial charge in [-0.05, 0) is 49.2 Å². The van der Waals surface area contributed by atoms with Crippen molar-refractivity contribution in [2.24, 2.45) is 0 Å². The van der Waals surface area contributed by atoms with Crippen LogP contribution >= 0.6 is 0 Å². The Bertz CT molecular complexity index is 839. The number of rotatable bonds is 4. The van der Waals surface area contributed by atoms with Gasteiger partial charge in [0.05, 0.1) is 5.69 Å². The van der Waals surface area contributed by atoms with Gasteiger partial charge in [0.2, 0.25) is 0 Å². The highest BCUT2D eigenvalue weighted by Gasteiger charge is 2.23. The van der Waals surface area contributed by atoms with Crippen LogP contribution < -0.4 is 15.4 Å². The van der Waals surface area contributed by atoms with Crippen LogP contribution in [0.3, 0.4) is 0 Å². The normalized spacial score (nSPS) is 15.8. The van der Waals surface area contributed by atoms with Crippen molar-refractivity contribution in [1.82, 2.24) is 5.32 Å². The Morgan fingerprint density at radius 1 is 1.20 bits per heavy atom. The molecule has 7 heteroatoms. The average molecular weight is 346 g/mol. The molecule has 0 bridgehead atoms. The molecule has 130 valence electrons. The summed E-state index contributed by atoms with van der Waals surface area (Å²) < 4.78 is 31.5. The molecule has 0 aromatic heterocycles. The molecule has 2 aromatic carbocycles. The van der Waals surface area contributed by atoms with E-state index in [1.165, 1.54) is 6.07 Å². The summed E-state index contributed by atoms with van der Waals surface area (Å²) in [5, 5.41) is 5.40. The minimum atomic E-state index is -1.06. The summed E-state index contributed by atoms with van der Waals surface area (Å²) in [4.78, 5) is 23.6. The van der Waals surface area contributed by atoms with E-state index in [4.69, 9.17) is 4.74 Å². The van der Waals surface area contributed by atoms with Gasteiger partial charge in [-0.25, -0.2) is 8.78 Å². The maximum Gasteiger partial charge on any atom is 0.265 e. The van der Waals surface area contributed by atoms with Crippen molar-refractivity contribution in [3.63, 3.8) is 0 Å². The van der Waals surface area contributed by atoms with E-state index < -0.39 is 23.6 Å². The van der Waals surface area contributed by atoms with E-state index in [0.717, 1.165) is 17.7 Å². The molecule has 0 saturated carbocycles. The smallest absolute Gasteiger partial charge is 0.265 e. The van der Waals surface area contributed by atoms with Gasteiger partial charge >= 0.3 is 0 Å². The number of ether oxygens (including phenoxy) is 1. The molecule has 3 rings (SSSR count). The number of amides is 2. The summed E-state index contributed by atoms with van der Waals surface area (Å²) in [5.74, 6) is -2.16. The van der Waals surface area contributed by atoms with Crippen molar-refractivity contribution in [3.05, 3.63) is 59.2 Å². The number of halogens is 2. The lowest BCUT2D eigenvalue weighted by atomic mass is 10.1. The third-order valence-corrected chi connectivity index (χ3v) is 3.86. The highest BCUT2D eigenvalue weighted by Crippen LogP contribution is 2.30. The quantitative estimate of drug-likeness (QED) is 0.894. The molecule has 2 aromatic rings. The molecule has 1 heterocycles. The highest BCUT2D eigenvalue weighted by molar-refractivity contribution is 5.97. The molecule has 0 aliphatic carbocycles. The maximum atomic E-state index is 13.1. The number of benzene rings is 2. The average Bonchev–Trinajstić information content (AvgIpc) is 2.58. The molecule has 2 amide bonds. The van der Waals surface area contributed by atoms with Gasteiger partial charge in [-0.3, -0.25) is 9.59 Å². The Hall–Kier alpha value is -2.96. The lowest BCUT2D eigenvalue weighted by Crippen LogP contribution is -2.34. The second kappa shape index (κ2) is 6.88. The minimum absolute atomic E-state index is 0.0546. The van der Waals surface area contributed by atoms with Crippen molar-refractivity contribution < 1.29 is 23.1 Å². The largest absolute Gasteiger partial charge is 0.479 e. The van der Waals surface area contributed by atoms with Crippen LogP contribution in [0.15, 0.2) is 36.4 Å². The third-order valence-electron chi connectivity index (χ3n) is 3.86. The van der Waals surface area contributed by atoms with E-state index in [0.29, 0.717) is 24.4 Å². The van der Waals surface area contributed by atoms with Crippen molar-refractivity contribution in [2.45, 2.75) is 19.4 Å². The molecular weight excluding hydrogens is 330 g/mol. The molecular formula is C18H16F2N2O3. The second-order valence-corrected chi connectivity index (χ2v) is 5.71. The van der Waals surface area contributed by atoms with Crippen LogP contribution in [0.4, 0.5) is 14.5 Å². The molecule has 1 atom stereocenters. The van der Waals surface area contributed by atoms with E-state index in [1.54, 1.807) is 19.1 Å². The molecule has 1 unspecified atom stereocenters. The van der Waals surface area contributed by atoms with Crippen LogP contribution in [0.5, 0.6) is 5.75 Å². The van der Waals surface area contributed by atoms with Gasteiger partial charge < -0.3 is 15.4 Å². The molecule has 0 fully saturated rings. The van der Waals surface area contributed by atoms with Crippen LogP contribution in [0, 0.1) is 11.6 Å². The van der Waals surface area contributed by atoms with Crippen molar-refractivity contribution in [3.8, 4) is 5.75 Å². The van der Waals surface area contributed by atoms with E-state index >= 15 is 0 Å². The van der Waals surface area contributed by atoms with Gasteiger partial charge in [0, 0.05) is 12.1 Å². The minimum Gasteiger partial charge on any atom is -0.479 e. The summed E-state index contributed by atoms with van der Waals surface area (Å²) >= 11 is 0. The lowest BCUT2D eigenvalue weighted by Gasteiger charge is -2.23. The van der Waals surface area contributed by atoms with Crippen LogP contribution in [0.25, 0.3) is 0 Å². The van der Waals surface area contributed by atoms with Gasteiger partial charge in [0.25, 0.3) is 11.8 Å².